The second-order valence-electron chi connectivity index (χ2n) is 7.79. The van der Waals surface area contributed by atoms with Crippen molar-refractivity contribution in [2.45, 2.75) is 16.8 Å². The van der Waals surface area contributed by atoms with E-state index < -0.39 is 5.91 Å². The van der Waals surface area contributed by atoms with E-state index in [9.17, 15) is 4.79 Å². The molecule has 0 fully saturated rings. The van der Waals surface area contributed by atoms with Crippen LogP contribution in [0.2, 0.25) is 10.2 Å². The summed E-state index contributed by atoms with van der Waals surface area (Å²) in [6.45, 7) is 1.83. The standard InChI is InChI=1S/C25H18Cl2N6O3S2/c1-12-6-14(15-8-20(27)29-10-19(15)36-3)16(9-28-12)23(34)33-25-32-22-24(38-25)31-21(11-30-22)37-13-4-5-17(26)18(7-13)35-2/h4-11H,1-3H3,(H,30,32,33,34). The Morgan fingerprint density at radius 1 is 0.947 bits per heavy atom. The average Bonchev–Trinajstić information content (AvgIpc) is 3.31. The lowest BCUT2D eigenvalue weighted by atomic mass is 10.0. The monoisotopic (exact) mass is 584 g/mol. The minimum Gasteiger partial charge on any atom is -0.495 e. The van der Waals surface area contributed by atoms with Gasteiger partial charge in [0.15, 0.2) is 15.6 Å². The molecule has 0 aliphatic heterocycles. The van der Waals surface area contributed by atoms with Crippen LogP contribution in [0.1, 0.15) is 16.1 Å². The lowest BCUT2D eigenvalue weighted by molar-refractivity contribution is 0.102. The topological polar surface area (TPSA) is 112 Å². The van der Waals surface area contributed by atoms with Crippen LogP contribution >= 0.6 is 46.3 Å². The summed E-state index contributed by atoms with van der Waals surface area (Å²) in [5, 5.41) is 4.66. The van der Waals surface area contributed by atoms with Gasteiger partial charge < -0.3 is 9.47 Å². The molecule has 1 N–H and O–H groups in total. The highest BCUT2D eigenvalue weighted by atomic mass is 35.5. The molecule has 0 atom stereocenters. The zero-order valence-electron chi connectivity index (χ0n) is 20.2. The van der Waals surface area contributed by atoms with Crippen molar-refractivity contribution in [3.05, 3.63) is 70.4 Å². The molecule has 0 aliphatic carbocycles. The molecule has 4 heterocycles. The van der Waals surface area contributed by atoms with Gasteiger partial charge in [-0.2, -0.15) is 4.98 Å². The summed E-state index contributed by atoms with van der Waals surface area (Å²) in [7, 11) is 3.09. The van der Waals surface area contributed by atoms with Crippen molar-refractivity contribution in [1.29, 1.82) is 0 Å². The summed E-state index contributed by atoms with van der Waals surface area (Å²) in [6, 6.07) is 8.90. The van der Waals surface area contributed by atoms with Crippen molar-refractivity contribution in [2.24, 2.45) is 0 Å². The molecule has 0 aliphatic rings. The molecular weight excluding hydrogens is 567 g/mol. The number of thiazole rings is 1. The summed E-state index contributed by atoms with van der Waals surface area (Å²) < 4.78 is 10.7. The van der Waals surface area contributed by atoms with Gasteiger partial charge in [-0.05, 0) is 37.3 Å². The van der Waals surface area contributed by atoms with E-state index in [0.29, 0.717) is 53.8 Å². The van der Waals surface area contributed by atoms with Crippen LogP contribution in [-0.4, -0.2) is 45.0 Å². The minimum absolute atomic E-state index is 0.274. The molecule has 5 rings (SSSR count). The molecule has 5 aromatic rings. The number of carbonyl (C=O) groups excluding carboxylic acids is 1. The van der Waals surface area contributed by atoms with Crippen molar-refractivity contribution in [3.63, 3.8) is 0 Å². The van der Waals surface area contributed by atoms with E-state index in [-0.39, 0.29) is 5.15 Å². The molecule has 0 saturated carbocycles. The quantitative estimate of drug-likeness (QED) is 0.212. The molecule has 9 nitrogen and oxygen atoms in total. The number of methoxy groups -OCH3 is 2. The van der Waals surface area contributed by atoms with Crippen molar-refractivity contribution < 1.29 is 14.3 Å². The number of hydrogen-bond acceptors (Lipinski definition) is 10. The molecule has 0 bridgehead atoms. The predicted molar refractivity (Wildman–Crippen MR) is 149 cm³/mol. The Bertz CT molecular complexity index is 1680. The minimum atomic E-state index is -0.399. The molecular formula is C25H18Cl2N6O3S2. The SMILES string of the molecule is COc1cc(Sc2cnc3nc(NC(=O)c4cnc(C)cc4-c4cc(Cl)ncc4OC)sc3n2)ccc1Cl. The fourth-order valence-electron chi connectivity index (χ4n) is 3.55. The smallest absolute Gasteiger partial charge is 0.259 e. The maximum absolute atomic E-state index is 13.3. The zero-order chi connectivity index (χ0) is 26.8. The average molecular weight is 585 g/mol. The molecule has 192 valence electrons. The second kappa shape index (κ2) is 11.1. The largest absolute Gasteiger partial charge is 0.495 e. The molecule has 0 spiro atoms. The lowest BCUT2D eigenvalue weighted by Gasteiger charge is -2.13. The number of nitrogens with zero attached hydrogens (tertiary/aromatic N) is 5. The van der Waals surface area contributed by atoms with Crippen LogP contribution in [0.3, 0.4) is 0 Å². The summed E-state index contributed by atoms with van der Waals surface area (Å²) in [5.41, 5.74) is 2.70. The number of hydrogen-bond donors (Lipinski definition) is 1. The summed E-state index contributed by atoms with van der Waals surface area (Å²) in [5.74, 6) is 0.653. The number of fused-ring (bicyclic) bond motifs is 1. The molecule has 38 heavy (non-hydrogen) atoms. The first-order valence-electron chi connectivity index (χ1n) is 11.0. The first kappa shape index (κ1) is 26.1. The van der Waals surface area contributed by atoms with Crippen molar-refractivity contribution in [3.8, 4) is 22.6 Å². The van der Waals surface area contributed by atoms with E-state index in [1.54, 1.807) is 31.5 Å². The molecule has 0 radical (unpaired) electrons. The van der Waals surface area contributed by atoms with Crippen LogP contribution in [0.25, 0.3) is 21.6 Å². The van der Waals surface area contributed by atoms with Gasteiger partial charge in [0, 0.05) is 27.9 Å². The third kappa shape index (κ3) is 5.51. The number of aromatic nitrogens is 5. The third-order valence-electron chi connectivity index (χ3n) is 5.30. The highest BCUT2D eigenvalue weighted by Gasteiger charge is 2.20. The fraction of sp³-hybridized carbons (Fsp3) is 0.120. The van der Waals surface area contributed by atoms with Gasteiger partial charge in [-0.25, -0.2) is 15.0 Å². The Hall–Kier alpha value is -3.51. The zero-order valence-corrected chi connectivity index (χ0v) is 23.3. The number of carbonyl (C=O) groups is 1. The summed E-state index contributed by atoms with van der Waals surface area (Å²) in [4.78, 5) is 36.6. The Morgan fingerprint density at radius 3 is 2.55 bits per heavy atom. The van der Waals surface area contributed by atoms with Gasteiger partial charge in [0.2, 0.25) is 0 Å². The molecule has 13 heteroatoms. The Labute approximate surface area is 235 Å². The number of amides is 1. The fourth-order valence-corrected chi connectivity index (χ4v) is 5.54. The van der Waals surface area contributed by atoms with Gasteiger partial charge >= 0.3 is 0 Å². The van der Waals surface area contributed by atoms with E-state index in [2.05, 4.69) is 30.2 Å². The van der Waals surface area contributed by atoms with Crippen LogP contribution in [0.4, 0.5) is 5.13 Å². The van der Waals surface area contributed by atoms with E-state index in [0.717, 1.165) is 10.6 Å². The number of rotatable bonds is 7. The number of aryl methyl sites for hydroxylation is 1. The molecule has 0 saturated heterocycles. The first-order valence-corrected chi connectivity index (χ1v) is 13.4. The maximum atomic E-state index is 13.3. The van der Waals surface area contributed by atoms with Crippen LogP contribution < -0.4 is 14.8 Å². The van der Waals surface area contributed by atoms with Crippen LogP contribution in [-0.2, 0) is 0 Å². The molecule has 4 aromatic heterocycles. The Morgan fingerprint density at radius 2 is 1.76 bits per heavy atom. The van der Waals surface area contributed by atoms with Gasteiger partial charge in [-0.3, -0.25) is 15.1 Å². The maximum Gasteiger partial charge on any atom is 0.259 e. The number of benzene rings is 1. The van der Waals surface area contributed by atoms with Crippen LogP contribution in [0.5, 0.6) is 11.5 Å². The van der Waals surface area contributed by atoms with E-state index in [1.165, 1.54) is 42.6 Å². The number of pyridine rings is 2. The summed E-state index contributed by atoms with van der Waals surface area (Å²) in [6.07, 6.45) is 4.64. The van der Waals surface area contributed by atoms with Crippen molar-refractivity contribution in [2.75, 3.05) is 19.5 Å². The normalized spacial score (nSPS) is 11.0. The summed E-state index contributed by atoms with van der Waals surface area (Å²) >= 11 is 14.9. The van der Waals surface area contributed by atoms with Gasteiger partial charge in [-0.1, -0.05) is 46.3 Å². The van der Waals surface area contributed by atoms with Gasteiger partial charge in [-0.15, -0.1) is 0 Å². The highest BCUT2D eigenvalue weighted by Crippen LogP contribution is 2.36. The number of ether oxygens (including phenoxy) is 2. The van der Waals surface area contributed by atoms with Crippen LogP contribution in [0, 0.1) is 6.92 Å². The molecule has 0 unspecified atom stereocenters. The third-order valence-corrected chi connectivity index (χ3v) is 7.56. The first-order chi connectivity index (χ1) is 18.3. The lowest BCUT2D eigenvalue weighted by Crippen LogP contribution is -2.14. The number of halogens is 2. The molecule has 1 aromatic carbocycles. The van der Waals surface area contributed by atoms with E-state index in [1.807, 2.05) is 19.1 Å². The Balaban J connectivity index is 1.42. The van der Waals surface area contributed by atoms with Gasteiger partial charge in [0.05, 0.1) is 37.2 Å². The van der Waals surface area contributed by atoms with E-state index >= 15 is 0 Å². The molecule has 1 amide bonds. The van der Waals surface area contributed by atoms with E-state index in [4.69, 9.17) is 32.7 Å². The number of anilines is 1. The van der Waals surface area contributed by atoms with Crippen LogP contribution in [0.15, 0.2) is 58.8 Å². The Kier molecular flexibility index (Phi) is 7.61. The van der Waals surface area contributed by atoms with Gasteiger partial charge in [0.25, 0.3) is 5.91 Å². The second-order valence-corrected chi connectivity index (χ2v) is 10.7. The van der Waals surface area contributed by atoms with Crippen molar-refractivity contribution >= 4 is 67.8 Å². The van der Waals surface area contributed by atoms with Gasteiger partial charge in [0.1, 0.15) is 21.7 Å². The highest BCUT2D eigenvalue weighted by molar-refractivity contribution is 7.99. The predicted octanol–water partition coefficient (Wildman–Crippen LogP) is 6.58. The number of nitrogens with one attached hydrogen (secondary N) is 1. The van der Waals surface area contributed by atoms with Crippen molar-refractivity contribution in [1.82, 2.24) is 24.9 Å².